The first-order chi connectivity index (χ1) is 7.69. The van der Waals surface area contributed by atoms with Crippen LogP contribution in [0.4, 0.5) is 5.69 Å². The molecule has 0 spiro atoms. The summed E-state index contributed by atoms with van der Waals surface area (Å²) in [5.41, 5.74) is 1.55. The summed E-state index contributed by atoms with van der Waals surface area (Å²) in [4.78, 5) is 11.5. The molecule has 0 saturated heterocycles. The number of methoxy groups -OCH3 is 1. The van der Waals surface area contributed by atoms with Crippen LogP contribution in [-0.2, 0) is 16.1 Å². The quantitative estimate of drug-likeness (QED) is 0.860. The Balaban J connectivity index is 2.85. The minimum absolute atomic E-state index is 0.00196. The Bertz CT molecular complexity index is 366. The predicted octanol–water partition coefficient (Wildman–Crippen LogP) is 3.23. The van der Waals surface area contributed by atoms with Crippen molar-refractivity contribution >= 4 is 23.2 Å². The second-order valence-electron chi connectivity index (χ2n) is 3.50. The van der Waals surface area contributed by atoms with E-state index in [4.69, 9.17) is 16.3 Å². The molecule has 0 aliphatic carbocycles. The van der Waals surface area contributed by atoms with Crippen LogP contribution in [0.2, 0.25) is 5.02 Å². The molecule has 1 rings (SSSR count). The average molecular weight is 242 g/mol. The molecule has 1 aromatic rings. The zero-order valence-corrected chi connectivity index (χ0v) is 10.3. The van der Waals surface area contributed by atoms with Gasteiger partial charge in [-0.25, -0.2) is 0 Å². The maximum Gasteiger partial charge on any atom is 0.224 e. The van der Waals surface area contributed by atoms with Crippen molar-refractivity contribution in [2.45, 2.75) is 26.4 Å². The SMILES string of the molecule is CCCC(=O)Nc1cccc(Cl)c1COC. The molecule has 0 aromatic heterocycles. The molecule has 1 amide bonds. The smallest absolute Gasteiger partial charge is 0.224 e. The van der Waals surface area contributed by atoms with E-state index in [0.29, 0.717) is 18.1 Å². The molecule has 0 atom stereocenters. The highest BCUT2D eigenvalue weighted by Gasteiger charge is 2.09. The first-order valence-corrected chi connectivity index (χ1v) is 5.63. The van der Waals surface area contributed by atoms with Crippen LogP contribution in [-0.4, -0.2) is 13.0 Å². The fraction of sp³-hybridized carbons (Fsp3) is 0.417. The van der Waals surface area contributed by atoms with E-state index in [1.54, 1.807) is 13.2 Å². The third-order valence-electron chi connectivity index (χ3n) is 2.16. The highest BCUT2D eigenvalue weighted by atomic mass is 35.5. The van der Waals surface area contributed by atoms with Gasteiger partial charge in [-0.05, 0) is 18.6 Å². The maximum atomic E-state index is 11.5. The van der Waals surface area contributed by atoms with Crippen molar-refractivity contribution in [3.63, 3.8) is 0 Å². The number of anilines is 1. The van der Waals surface area contributed by atoms with Gasteiger partial charge in [-0.3, -0.25) is 4.79 Å². The second kappa shape index (κ2) is 6.51. The Morgan fingerprint density at radius 2 is 2.25 bits per heavy atom. The summed E-state index contributed by atoms with van der Waals surface area (Å²) in [6.07, 6.45) is 1.34. The monoisotopic (exact) mass is 241 g/mol. The molecule has 16 heavy (non-hydrogen) atoms. The van der Waals surface area contributed by atoms with Gasteiger partial charge in [0.25, 0.3) is 0 Å². The number of rotatable bonds is 5. The molecular weight excluding hydrogens is 226 g/mol. The zero-order valence-electron chi connectivity index (χ0n) is 9.55. The second-order valence-corrected chi connectivity index (χ2v) is 3.90. The van der Waals surface area contributed by atoms with Crippen molar-refractivity contribution < 1.29 is 9.53 Å². The van der Waals surface area contributed by atoms with Gasteiger partial charge in [0.05, 0.1) is 6.61 Å². The summed E-state index contributed by atoms with van der Waals surface area (Å²) in [5.74, 6) is 0.00196. The number of benzene rings is 1. The third-order valence-corrected chi connectivity index (χ3v) is 2.51. The Morgan fingerprint density at radius 1 is 1.50 bits per heavy atom. The van der Waals surface area contributed by atoms with Gasteiger partial charge in [0.15, 0.2) is 0 Å². The Kier molecular flexibility index (Phi) is 5.29. The molecule has 88 valence electrons. The van der Waals surface area contributed by atoms with Gasteiger partial charge in [-0.2, -0.15) is 0 Å². The van der Waals surface area contributed by atoms with Crippen molar-refractivity contribution in [3.8, 4) is 0 Å². The largest absolute Gasteiger partial charge is 0.380 e. The molecule has 0 aliphatic rings. The van der Waals surface area contributed by atoms with E-state index >= 15 is 0 Å². The van der Waals surface area contributed by atoms with Crippen molar-refractivity contribution in [3.05, 3.63) is 28.8 Å². The average Bonchev–Trinajstić information content (AvgIpc) is 2.23. The lowest BCUT2D eigenvalue weighted by atomic mass is 10.2. The minimum atomic E-state index is 0.00196. The van der Waals surface area contributed by atoms with Crippen LogP contribution in [0.5, 0.6) is 0 Å². The fourth-order valence-corrected chi connectivity index (χ4v) is 1.64. The molecule has 1 aromatic carbocycles. The van der Waals surface area contributed by atoms with Crippen LogP contribution in [0, 0.1) is 0 Å². The Morgan fingerprint density at radius 3 is 2.88 bits per heavy atom. The molecular formula is C12H16ClNO2. The minimum Gasteiger partial charge on any atom is -0.380 e. The van der Waals surface area contributed by atoms with Crippen molar-refractivity contribution in [1.29, 1.82) is 0 Å². The highest BCUT2D eigenvalue weighted by molar-refractivity contribution is 6.31. The summed E-state index contributed by atoms with van der Waals surface area (Å²) in [5, 5.41) is 3.44. The van der Waals surface area contributed by atoms with Gasteiger partial charge < -0.3 is 10.1 Å². The van der Waals surface area contributed by atoms with E-state index in [0.717, 1.165) is 17.7 Å². The molecule has 0 heterocycles. The summed E-state index contributed by atoms with van der Waals surface area (Å²) in [6, 6.07) is 5.42. The van der Waals surface area contributed by atoms with Crippen LogP contribution < -0.4 is 5.32 Å². The van der Waals surface area contributed by atoms with Gasteiger partial charge >= 0.3 is 0 Å². The molecule has 0 saturated carbocycles. The van der Waals surface area contributed by atoms with Crippen LogP contribution in [0.25, 0.3) is 0 Å². The van der Waals surface area contributed by atoms with Crippen molar-refractivity contribution in [2.75, 3.05) is 12.4 Å². The molecule has 0 fully saturated rings. The van der Waals surface area contributed by atoms with Gasteiger partial charge in [0.2, 0.25) is 5.91 Å². The lowest BCUT2D eigenvalue weighted by molar-refractivity contribution is -0.116. The Hall–Kier alpha value is -1.06. The van der Waals surface area contributed by atoms with Gasteiger partial charge in [-0.1, -0.05) is 24.6 Å². The number of ether oxygens (including phenoxy) is 1. The number of nitrogens with one attached hydrogen (secondary N) is 1. The number of carbonyl (C=O) groups is 1. The molecule has 0 unspecified atom stereocenters. The Labute approximate surface area is 101 Å². The zero-order chi connectivity index (χ0) is 12.0. The van der Waals surface area contributed by atoms with Crippen LogP contribution in [0.1, 0.15) is 25.3 Å². The first-order valence-electron chi connectivity index (χ1n) is 5.25. The number of amides is 1. The maximum absolute atomic E-state index is 11.5. The molecule has 0 bridgehead atoms. The van der Waals surface area contributed by atoms with E-state index in [2.05, 4.69) is 5.32 Å². The van der Waals surface area contributed by atoms with E-state index < -0.39 is 0 Å². The van der Waals surface area contributed by atoms with Crippen LogP contribution in [0.3, 0.4) is 0 Å². The van der Waals surface area contributed by atoms with E-state index in [9.17, 15) is 4.79 Å². The number of carbonyl (C=O) groups excluding carboxylic acids is 1. The highest BCUT2D eigenvalue weighted by Crippen LogP contribution is 2.25. The van der Waals surface area contributed by atoms with Crippen molar-refractivity contribution in [2.24, 2.45) is 0 Å². The standard InChI is InChI=1S/C12H16ClNO2/c1-3-5-12(15)14-11-7-4-6-10(13)9(11)8-16-2/h4,6-7H,3,5,8H2,1-2H3,(H,14,15). The summed E-state index contributed by atoms with van der Waals surface area (Å²) < 4.78 is 5.06. The predicted molar refractivity (Wildman–Crippen MR) is 65.7 cm³/mol. The van der Waals surface area contributed by atoms with Crippen LogP contribution >= 0.6 is 11.6 Å². The van der Waals surface area contributed by atoms with Gasteiger partial charge in [-0.15, -0.1) is 0 Å². The van der Waals surface area contributed by atoms with Crippen LogP contribution in [0.15, 0.2) is 18.2 Å². The first kappa shape index (κ1) is 13.0. The third kappa shape index (κ3) is 3.51. The molecule has 4 heteroatoms. The number of hydrogen-bond acceptors (Lipinski definition) is 2. The summed E-state index contributed by atoms with van der Waals surface area (Å²) >= 11 is 6.04. The number of halogens is 1. The van der Waals surface area contributed by atoms with Gasteiger partial charge in [0.1, 0.15) is 0 Å². The summed E-state index contributed by atoms with van der Waals surface area (Å²) in [6.45, 7) is 2.36. The van der Waals surface area contributed by atoms with E-state index in [-0.39, 0.29) is 5.91 Å². The normalized spacial score (nSPS) is 10.2. The molecule has 0 aliphatic heterocycles. The number of hydrogen-bond donors (Lipinski definition) is 1. The molecule has 0 radical (unpaired) electrons. The molecule has 3 nitrogen and oxygen atoms in total. The summed E-state index contributed by atoms with van der Waals surface area (Å²) in [7, 11) is 1.60. The van der Waals surface area contributed by atoms with E-state index in [1.165, 1.54) is 0 Å². The molecule has 1 N–H and O–H groups in total. The van der Waals surface area contributed by atoms with Gasteiger partial charge in [0, 0.05) is 29.8 Å². The van der Waals surface area contributed by atoms with E-state index in [1.807, 2.05) is 19.1 Å². The lowest BCUT2D eigenvalue weighted by Gasteiger charge is -2.11. The fourth-order valence-electron chi connectivity index (χ4n) is 1.41. The lowest BCUT2D eigenvalue weighted by Crippen LogP contribution is -2.12. The van der Waals surface area contributed by atoms with Crippen molar-refractivity contribution in [1.82, 2.24) is 0 Å². The topological polar surface area (TPSA) is 38.3 Å².